The zero-order chi connectivity index (χ0) is 11.3. The minimum Gasteiger partial charge on any atom is -0.444 e. The normalized spacial score (nSPS) is 10.9. The van der Waals surface area contributed by atoms with Crippen LogP contribution < -0.4 is 5.32 Å². The van der Waals surface area contributed by atoms with Crippen LogP contribution in [0.4, 0.5) is 4.79 Å². The summed E-state index contributed by atoms with van der Waals surface area (Å²) in [5.74, 6) is 0. The Labute approximate surface area is 90.4 Å². The first-order chi connectivity index (χ1) is 6.97. The number of ether oxygens (including phenoxy) is 1. The molecule has 0 saturated heterocycles. The van der Waals surface area contributed by atoms with Gasteiger partial charge in [0.05, 0.1) is 0 Å². The van der Waals surface area contributed by atoms with Crippen molar-refractivity contribution in [3.8, 4) is 0 Å². The molecule has 82 valence electrons. The van der Waals surface area contributed by atoms with Crippen LogP contribution in [-0.2, 0) is 11.3 Å². The molecule has 3 nitrogen and oxygen atoms in total. The van der Waals surface area contributed by atoms with Crippen LogP contribution in [0.3, 0.4) is 0 Å². The van der Waals surface area contributed by atoms with Gasteiger partial charge in [-0.2, -0.15) is 0 Å². The number of hydrogen-bond donors (Lipinski definition) is 1. The number of rotatable bonds is 2. The van der Waals surface area contributed by atoms with Gasteiger partial charge in [-0.05, 0) is 26.3 Å². The van der Waals surface area contributed by atoms with E-state index in [1.165, 1.54) is 0 Å². The Balaban J connectivity index is 2.35. The van der Waals surface area contributed by atoms with Crippen molar-refractivity contribution in [2.75, 3.05) is 0 Å². The van der Waals surface area contributed by atoms with Gasteiger partial charge in [0.1, 0.15) is 5.60 Å². The lowest BCUT2D eigenvalue weighted by Crippen LogP contribution is -2.32. The number of benzene rings is 1. The summed E-state index contributed by atoms with van der Waals surface area (Å²) in [7, 11) is 0. The molecule has 1 aromatic carbocycles. The fraction of sp³-hybridized carbons (Fsp3) is 0.417. The SMILES string of the molecule is CC(C)(C)OC(=O)NCc1ccccc1. The van der Waals surface area contributed by atoms with Crippen LogP contribution in [0.25, 0.3) is 0 Å². The minimum absolute atomic E-state index is 0.383. The van der Waals surface area contributed by atoms with Gasteiger partial charge in [0.15, 0.2) is 0 Å². The maximum Gasteiger partial charge on any atom is 0.407 e. The topological polar surface area (TPSA) is 38.3 Å². The maximum atomic E-state index is 11.3. The highest BCUT2D eigenvalue weighted by atomic mass is 16.6. The van der Waals surface area contributed by atoms with Crippen LogP contribution in [0.2, 0.25) is 0 Å². The molecular formula is C12H17NO2. The van der Waals surface area contributed by atoms with E-state index in [-0.39, 0.29) is 6.09 Å². The second kappa shape index (κ2) is 4.82. The monoisotopic (exact) mass is 207 g/mol. The number of amides is 1. The number of alkyl carbamates (subject to hydrolysis) is 1. The number of carbonyl (C=O) groups excluding carboxylic acids is 1. The Kier molecular flexibility index (Phi) is 3.72. The quantitative estimate of drug-likeness (QED) is 0.809. The van der Waals surface area contributed by atoms with E-state index in [1.54, 1.807) is 0 Å². The van der Waals surface area contributed by atoms with E-state index < -0.39 is 5.60 Å². The first-order valence-corrected chi connectivity index (χ1v) is 4.98. The van der Waals surface area contributed by atoms with Crippen LogP contribution in [0.5, 0.6) is 0 Å². The molecule has 0 aliphatic rings. The van der Waals surface area contributed by atoms with Crippen molar-refractivity contribution in [2.24, 2.45) is 0 Å². The molecule has 1 N–H and O–H groups in total. The molecule has 3 heteroatoms. The summed E-state index contributed by atoms with van der Waals surface area (Å²) in [5, 5.41) is 2.69. The zero-order valence-electron chi connectivity index (χ0n) is 9.41. The molecule has 0 heterocycles. The third-order valence-corrected chi connectivity index (χ3v) is 1.68. The third kappa shape index (κ3) is 5.05. The fourth-order valence-corrected chi connectivity index (χ4v) is 1.08. The van der Waals surface area contributed by atoms with Crippen molar-refractivity contribution in [3.05, 3.63) is 35.9 Å². The lowest BCUT2D eigenvalue weighted by Gasteiger charge is -2.19. The predicted molar refractivity (Wildman–Crippen MR) is 59.5 cm³/mol. The first kappa shape index (κ1) is 11.6. The van der Waals surface area contributed by atoms with Crippen molar-refractivity contribution >= 4 is 6.09 Å². The van der Waals surface area contributed by atoms with Gasteiger partial charge >= 0.3 is 6.09 Å². The molecule has 0 spiro atoms. The largest absolute Gasteiger partial charge is 0.444 e. The third-order valence-electron chi connectivity index (χ3n) is 1.68. The molecule has 0 bridgehead atoms. The van der Waals surface area contributed by atoms with Gasteiger partial charge in [-0.3, -0.25) is 0 Å². The lowest BCUT2D eigenvalue weighted by atomic mass is 10.2. The number of carbonyl (C=O) groups is 1. The predicted octanol–water partition coefficient (Wildman–Crippen LogP) is 2.71. The molecule has 1 amide bonds. The van der Waals surface area contributed by atoms with Crippen molar-refractivity contribution in [1.29, 1.82) is 0 Å². The van der Waals surface area contributed by atoms with Gasteiger partial charge in [-0.25, -0.2) is 4.79 Å². The van der Waals surface area contributed by atoms with E-state index in [4.69, 9.17) is 4.74 Å². The maximum absolute atomic E-state index is 11.3. The molecule has 0 unspecified atom stereocenters. The van der Waals surface area contributed by atoms with Gasteiger partial charge in [-0.15, -0.1) is 0 Å². The summed E-state index contributed by atoms with van der Waals surface area (Å²) >= 11 is 0. The average molecular weight is 207 g/mol. The standard InChI is InChI=1S/C12H17NO2/c1-12(2,3)15-11(14)13-9-10-7-5-4-6-8-10/h4-8H,9H2,1-3H3,(H,13,14). The Hall–Kier alpha value is -1.51. The smallest absolute Gasteiger partial charge is 0.407 e. The molecule has 15 heavy (non-hydrogen) atoms. The molecule has 0 saturated carbocycles. The molecule has 0 fully saturated rings. The molecule has 1 rings (SSSR count). The van der Waals surface area contributed by atoms with Gasteiger partial charge in [-0.1, -0.05) is 30.3 Å². The average Bonchev–Trinajstić information content (AvgIpc) is 2.14. The van der Waals surface area contributed by atoms with E-state index in [0.717, 1.165) is 5.56 Å². The van der Waals surface area contributed by atoms with Crippen LogP contribution in [0.15, 0.2) is 30.3 Å². The van der Waals surface area contributed by atoms with E-state index >= 15 is 0 Å². The van der Waals surface area contributed by atoms with Gasteiger partial charge in [0.2, 0.25) is 0 Å². The van der Waals surface area contributed by atoms with E-state index in [0.29, 0.717) is 6.54 Å². The van der Waals surface area contributed by atoms with Crippen molar-refractivity contribution in [3.63, 3.8) is 0 Å². The van der Waals surface area contributed by atoms with Crippen LogP contribution >= 0.6 is 0 Å². The van der Waals surface area contributed by atoms with Gasteiger partial charge < -0.3 is 10.1 Å². The second-order valence-corrected chi connectivity index (χ2v) is 4.34. The van der Waals surface area contributed by atoms with E-state index in [1.807, 2.05) is 51.1 Å². The molecular weight excluding hydrogens is 190 g/mol. The molecule has 0 radical (unpaired) electrons. The number of nitrogens with one attached hydrogen (secondary N) is 1. The highest BCUT2D eigenvalue weighted by molar-refractivity contribution is 5.67. The molecule has 0 aromatic heterocycles. The zero-order valence-corrected chi connectivity index (χ0v) is 9.41. The van der Waals surface area contributed by atoms with E-state index in [2.05, 4.69) is 5.32 Å². The van der Waals surface area contributed by atoms with E-state index in [9.17, 15) is 4.79 Å². The van der Waals surface area contributed by atoms with Gasteiger partial charge in [0.25, 0.3) is 0 Å². The minimum atomic E-state index is -0.444. The molecule has 1 aromatic rings. The molecule has 0 aliphatic heterocycles. The molecule has 0 aliphatic carbocycles. The summed E-state index contributed by atoms with van der Waals surface area (Å²) in [6.07, 6.45) is -0.383. The summed E-state index contributed by atoms with van der Waals surface area (Å²) in [4.78, 5) is 11.3. The van der Waals surface area contributed by atoms with Gasteiger partial charge in [0, 0.05) is 6.54 Å². The summed E-state index contributed by atoms with van der Waals surface area (Å²) in [6.45, 7) is 6.02. The summed E-state index contributed by atoms with van der Waals surface area (Å²) < 4.78 is 5.11. The fourth-order valence-electron chi connectivity index (χ4n) is 1.08. The lowest BCUT2D eigenvalue weighted by molar-refractivity contribution is 0.0523. The summed E-state index contributed by atoms with van der Waals surface area (Å²) in [6, 6.07) is 9.73. The highest BCUT2D eigenvalue weighted by Gasteiger charge is 2.15. The van der Waals surface area contributed by atoms with Crippen LogP contribution in [-0.4, -0.2) is 11.7 Å². The Morgan fingerprint density at radius 2 is 1.87 bits per heavy atom. The Morgan fingerprint density at radius 3 is 2.40 bits per heavy atom. The Bertz CT molecular complexity index is 314. The van der Waals surface area contributed by atoms with Crippen LogP contribution in [0, 0.1) is 0 Å². The molecule has 0 atom stereocenters. The first-order valence-electron chi connectivity index (χ1n) is 4.98. The second-order valence-electron chi connectivity index (χ2n) is 4.34. The Morgan fingerprint density at radius 1 is 1.27 bits per heavy atom. The van der Waals surface area contributed by atoms with Crippen molar-refractivity contribution < 1.29 is 9.53 Å². The van der Waals surface area contributed by atoms with Crippen LogP contribution in [0.1, 0.15) is 26.3 Å². The summed E-state index contributed by atoms with van der Waals surface area (Å²) in [5.41, 5.74) is 0.615. The van der Waals surface area contributed by atoms with Crippen molar-refractivity contribution in [2.45, 2.75) is 32.9 Å². The number of hydrogen-bond acceptors (Lipinski definition) is 2. The van der Waals surface area contributed by atoms with Crippen molar-refractivity contribution in [1.82, 2.24) is 5.32 Å². The highest BCUT2D eigenvalue weighted by Crippen LogP contribution is 2.06.